The third kappa shape index (κ3) is 3.01. The zero-order chi connectivity index (χ0) is 15.6. The van der Waals surface area contributed by atoms with Crippen molar-refractivity contribution in [2.45, 2.75) is 37.8 Å². The lowest BCUT2D eigenvalue weighted by molar-refractivity contribution is 0.396. The summed E-state index contributed by atoms with van der Waals surface area (Å²) in [6, 6.07) is 0.921. The second-order valence-corrected chi connectivity index (χ2v) is 6.96. The molecule has 0 bridgehead atoms. The Labute approximate surface area is 139 Å². The van der Waals surface area contributed by atoms with Crippen LogP contribution in [0.4, 0.5) is 16.8 Å². The summed E-state index contributed by atoms with van der Waals surface area (Å²) < 4.78 is 0. The van der Waals surface area contributed by atoms with E-state index >= 15 is 0 Å². The van der Waals surface area contributed by atoms with Gasteiger partial charge in [0.05, 0.1) is 10.6 Å². The van der Waals surface area contributed by atoms with Crippen LogP contribution >= 0.6 is 11.3 Å². The van der Waals surface area contributed by atoms with Gasteiger partial charge in [-0.1, -0.05) is 17.4 Å². The molecule has 1 fully saturated rings. The molecule has 0 radical (unpaired) electrons. The van der Waals surface area contributed by atoms with Crippen LogP contribution in [0.2, 0.25) is 0 Å². The summed E-state index contributed by atoms with van der Waals surface area (Å²) in [6.07, 6.45) is 12.1. The molecule has 0 aromatic carbocycles. The quantitative estimate of drug-likeness (QED) is 0.783. The van der Waals surface area contributed by atoms with E-state index in [9.17, 15) is 0 Å². The van der Waals surface area contributed by atoms with Crippen LogP contribution in [0.3, 0.4) is 0 Å². The molecule has 0 amide bonds. The molecule has 2 aliphatic rings. The highest BCUT2D eigenvalue weighted by Crippen LogP contribution is 2.33. The highest BCUT2D eigenvalue weighted by molar-refractivity contribution is 7.16. The van der Waals surface area contributed by atoms with Crippen molar-refractivity contribution in [2.24, 2.45) is 0 Å². The molecule has 0 spiro atoms. The largest absolute Gasteiger partial charge is 0.370 e. The van der Waals surface area contributed by atoms with Crippen molar-refractivity contribution in [3.63, 3.8) is 0 Å². The first kappa shape index (κ1) is 14.4. The van der Waals surface area contributed by atoms with Crippen molar-refractivity contribution in [1.82, 2.24) is 15.0 Å². The number of anilines is 3. The SMILES string of the molecule is CNc1nccnc1NC1CC(Nc2nc3c(s2)C=CCC3)C1. The van der Waals surface area contributed by atoms with Crippen molar-refractivity contribution < 1.29 is 0 Å². The minimum atomic E-state index is 0.436. The van der Waals surface area contributed by atoms with Gasteiger partial charge in [-0.3, -0.25) is 0 Å². The van der Waals surface area contributed by atoms with Gasteiger partial charge in [0, 0.05) is 31.5 Å². The van der Waals surface area contributed by atoms with Crippen molar-refractivity contribution in [3.05, 3.63) is 29.0 Å². The molecule has 0 unspecified atom stereocenters. The Morgan fingerprint density at radius 1 is 1.09 bits per heavy atom. The number of nitrogens with zero attached hydrogens (tertiary/aromatic N) is 3. The van der Waals surface area contributed by atoms with Crippen LogP contribution in [0.1, 0.15) is 29.8 Å². The molecule has 3 N–H and O–H groups in total. The van der Waals surface area contributed by atoms with Crippen molar-refractivity contribution in [2.75, 3.05) is 23.0 Å². The summed E-state index contributed by atoms with van der Waals surface area (Å²) in [4.78, 5) is 14.6. The van der Waals surface area contributed by atoms with Gasteiger partial charge in [0.1, 0.15) is 0 Å². The molecule has 6 nitrogen and oxygen atoms in total. The van der Waals surface area contributed by atoms with E-state index in [-0.39, 0.29) is 0 Å². The Morgan fingerprint density at radius 3 is 2.65 bits per heavy atom. The zero-order valence-electron chi connectivity index (χ0n) is 13.0. The molecule has 2 aromatic heterocycles. The fraction of sp³-hybridized carbons (Fsp3) is 0.438. The average molecular weight is 328 g/mol. The predicted octanol–water partition coefficient (Wildman–Crippen LogP) is 2.99. The highest BCUT2D eigenvalue weighted by atomic mass is 32.1. The minimum Gasteiger partial charge on any atom is -0.370 e. The highest BCUT2D eigenvalue weighted by Gasteiger charge is 2.30. The van der Waals surface area contributed by atoms with E-state index in [2.05, 4.69) is 38.1 Å². The van der Waals surface area contributed by atoms with Gasteiger partial charge < -0.3 is 16.0 Å². The lowest BCUT2D eigenvalue weighted by atomic mass is 9.87. The lowest BCUT2D eigenvalue weighted by Crippen LogP contribution is -2.43. The van der Waals surface area contributed by atoms with E-state index in [1.54, 1.807) is 23.7 Å². The maximum atomic E-state index is 4.71. The Morgan fingerprint density at radius 2 is 1.87 bits per heavy atom. The van der Waals surface area contributed by atoms with Crippen molar-refractivity contribution in [1.29, 1.82) is 0 Å². The topological polar surface area (TPSA) is 74.8 Å². The number of thiazole rings is 1. The zero-order valence-corrected chi connectivity index (χ0v) is 13.9. The Hall–Kier alpha value is -2.15. The van der Waals surface area contributed by atoms with Crippen LogP contribution < -0.4 is 16.0 Å². The van der Waals surface area contributed by atoms with Crippen LogP contribution in [0.25, 0.3) is 6.08 Å². The van der Waals surface area contributed by atoms with Gasteiger partial charge in [0.25, 0.3) is 0 Å². The van der Waals surface area contributed by atoms with E-state index < -0.39 is 0 Å². The number of hydrogen-bond donors (Lipinski definition) is 3. The molecule has 7 heteroatoms. The van der Waals surface area contributed by atoms with E-state index in [1.807, 2.05) is 7.05 Å². The fourth-order valence-corrected chi connectivity index (χ4v) is 4.01. The van der Waals surface area contributed by atoms with Crippen LogP contribution in [0.5, 0.6) is 0 Å². The van der Waals surface area contributed by atoms with E-state index in [0.717, 1.165) is 42.5 Å². The van der Waals surface area contributed by atoms with Gasteiger partial charge in [-0.25, -0.2) is 15.0 Å². The molecule has 4 rings (SSSR count). The van der Waals surface area contributed by atoms with Gasteiger partial charge in [-0.2, -0.15) is 0 Å². The maximum Gasteiger partial charge on any atom is 0.183 e. The first-order valence-corrected chi connectivity index (χ1v) is 8.81. The molecule has 0 saturated heterocycles. The number of aromatic nitrogens is 3. The summed E-state index contributed by atoms with van der Waals surface area (Å²) in [6.45, 7) is 0. The smallest absolute Gasteiger partial charge is 0.183 e. The maximum absolute atomic E-state index is 4.71. The van der Waals surface area contributed by atoms with E-state index in [0.29, 0.717) is 12.1 Å². The van der Waals surface area contributed by atoms with Crippen molar-refractivity contribution >= 4 is 34.2 Å². The molecule has 2 aliphatic carbocycles. The van der Waals surface area contributed by atoms with Crippen molar-refractivity contribution in [3.8, 4) is 0 Å². The first-order chi connectivity index (χ1) is 11.3. The number of hydrogen-bond acceptors (Lipinski definition) is 7. The second kappa shape index (κ2) is 6.16. The molecule has 23 heavy (non-hydrogen) atoms. The number of fused-ring (bicyclic) bond motifs is 1. The molecule has 2 aromatic rings. The fourth-order valence-electron chi connectivity index (χ4n) is 2.99. The van der Waals surface area contributed by atoms with Crippen LogP contribution in [-0.4, -0.2) is 34.1 Å². The molecule has 1 saturated carbocycles. The van der Waals surface area contributed by atoms with E-state index in [4.69, 9.17) is 4.98 Å². The second-order valence-electron chi connectivity index (χ2n) is 5.93. The molecular weight excluding hydrogens is 308 g/mol. The molecular formula is C16H20N6S. The number of allylic oxidation sites excluding steroid dienone is 1. The van der Waals surface area contributed by atoms with Crippen LogP contribution in [-0.2, 0) is 6.42 Å². The summed E-state index contributed by atoms with van der Waals surface area (Å²) in [5, 5.41) is 11.1. The molecule has 120 valence electrons. The van der Waals surface area contributed by atoms with Gasteiger partial charge in [-0.05, 0) is 31.8 Å². The monoisotopic (exact) mass is 328 g/mol. The number of nitrogens with one attached hydrogen (secondary N) is 3. The van der Waals surface area contributed by atoms with Gasteiger partial charge in [0.15, 0.2) is 16.8 Å². The number of aryl methyl sites for hydroxylation is 1. The third-order valence-electron chi connectivity index (χ3n) is 4.29. The van der Waals surface area contributed by atoms with E-state index in [1.165, 1.54) is 10.6 Å². The predicted molar refractivity (Wildman–Crippen MR) is 95.1 cm³/mol. The molecule has 0 atom stereocenters. The number of rotatable bonds is 5. The summed E-state index contributed by atoms with van der Waals surface area (Å²) in [5.41, 5.74) is 1.24. The Kier molecular flexibility index (Phi) is 3.87. The average Bonchev–Trinajstić information content (AvgIpc) is 2.95. The third-order valence-corrected chi connectivity index (χ3v) is 5.28. The molecule has 2 heterocycles. The summed E-state index contributed by atoms with van der Waals surface area (Å²) >= 11 is 1.76. The molecule has 0 aliphatic heterocycles. The normalized spacial score (nSPS) is 22.1. The van der Waals surface area contributed by atoms with Gasteiger partial charge >= 0.3 is 0 Å². The minimum absolute atomic E-state index is 0.436. The van der Waals surface area contributed by atoms with Gasteiger partial charge in [-0.15, -0.1) is 0 Å². The standard InChI is InChI=1S/C16H20N6S/c1-17-14-15(19-7-6-18-14)20-10-8-11(9-10)21-16-22-12-4-2-3-5-13(12)23-16/h3,5-7,10-11H,2,4,8-9H2,1H3,(H,17,18)(H,19,20)(H,21,22). The summed E-state index contributed by atoms with van der Waals surface area (Å²) in [7, 11) is 1.86. The Balaban J connectivity index is 1.31. The van der Waals surface area contributed by atoms with Gasteiger partial charge in [0.2, 0.25) is 0 Å². The lowest BCUT2D eigenvalue weighted by Gasteiger charge is -2.36. The summed E-state index contributed by atoms with van der Waals surface area (Å²) in [5.74, 6) is 1.62. The van der Waals surface area contributed by atoms with Crippen LogP contribution in [0.15, 0.2) is 18.5 Å². The Bertz CT molecular complexity index is 719. The first-order valence-electron chi connectivity index (χ1n) is 8.00. The van der Waals surface area contributed by atoms with Crippen LogP contribution in [0, 0.1) is 0 Å².